The van der Waals surface area contributed by atoms with Crippen LogP contribution >= 0.6 is 11.6 Å². The molecule has 1 aliphatic rings. The second-order valence-corrected chi connectivity index (χ2v) is 7.14. The summed E-state index contributed by atoms with van der Waals surface area (Å²) in [5.41, 5.74) is 0.329. The van der Waals surface area contributed by atoms with Crippen LogP contribution < -0.4 is 21.5 Å². The number of nitrogens with one attached hydrogen (secondary N) is 2. The summed E-state index contributed by atoms with van der Waals surface area (Å²) >= 11 is 6.39. The van der Waals surface area contributed by atoms with Crippen LogP contribution in [0.2, 0.25) is 5.02 Å². The highest BCUT2D eigenvalue weighted by Gasteiger charge is 2.38. The summed E-state index contributed by atoms with van der Waals surface area (Å²) in [6.07, 6.45) is -5.08. The van der Waals surface area contributed by atoms with E-state index < -0.39 is 23.4 Å². The molecule has 14 heteroatoms. The maximum absolute atomic E-state index is 12.8. The molecule has 0 bridgehead atoms. The third-order valence-corrected chi connectivity index (χ3v) is 4.95. The smallest absolute Gasteiger partial charge is 0.475 e. The van der Waals surface area contributed by atoms with Crippen molar-refractivity contribution in [1.29, 1.82) is 0 Å². The van der Waals surface area contributed by atoms with Gasteiger partial charge in [0.1, 0.15) is 0 Å². The molecule has 1 aromatic carbocycles. The standard InChI is InChI=1S/C16H17ClN6O2.C2HF3O2/c1-21-14(24)12-13(20-16(21)25)19-15(22-8-6-18-7-9-22)23(12)11-5-3-2-4-10(11)17;3-2(4,5)1(6)7/h2-5,18H,6-9H2,1H3,(H,20,25);(H,6,7). The number of hydrogen-bond donors (Lipinski definition) is 3. The van der Waals surface area contributed by atoms with E-state index in [4.69, 9.17) is 21.5 Å². The third kappa shape index (κ3) is 4.62. The molecule has 0 aliphatic carbocycles. The Morgan fingerprint density at radius 3 is 2.34 bits per heavy atom. The lowest BCUT2D eigenvalue weighted by Crippen LogP contribution is -2.44. The predicted molar refractivity (Wildman–Crippen MR) is 111 cm³/mol. The fraction of sp³-hybridized carbons (Fsp3) is 0.333. The fourth-order valence-corrected chi connectivity index (χ4v) is 3.29. The predicted octanol–water partition coefficient (Wildman–Crippen LogP) is 1.11. The minimum Gasteiger partial charge on any atom is -0.475 e. The van der Waals surface area contributed by atoms with Crippen molar-refractivity contribution < 1.29 is 23.1 Å². The van der Waals surface area contributed by atoms with Gasteiger partial charge in [0.05, 0.1) is 10.7 Å². The number of fused-ring (bicyclic) bond motifs is 1. The lowest BCUT2D eigenvalue weighted by atomic mass is 10.3. The van der Waals surface area contributed by atoms with Crippen LogP contribution in [-0.4, -0.2) is 62.5 Å². The van der Waals surface area contributed by atoms with Gasteiger partial charge in [0, 0.05) is 33.2 Å². The topological polar surface area (TPSA) is 125 Å². The highest BCUT2D eigenvalue weighted by molar-refractivity contribution is 6.32. The molecule has 0 atom stereocenters. The molecule has 1 saturated heterocycles. The van der Waals surface area contributed by atoms with Crippen LogP contribution in [0, 0.1) is 0 Å². The molecule has 1 aliphatic heterocycles. The van der Waals surface area contributed by atoms with Crippen molar-refractivity contribution in [1.82, 2.24) is 24.4 Å². The van der Waals surface area contributed by atoms with Gasteiger partial charge in [0.15, 0.2) is 11.2 Å². The zero-order valence-electron chi connectivity index (χ0n) is 16.6. The van der Waals surface area contributed by atoms with E-state index in [1.54, 1.807) is 10.6 Å². The summed E-state index contributed by atoms with van der Waals surface area (Å²) in [5, 5.41) is 10.9. The van der Waals surface area contributed by atoms with Gasteiger partial charge in [-0.15, -0.1) is 0 Å². The van der Waals surface area contributed by atoms with Gasteiger partial charge >= 0.3 is 17.8 Å². The second-order valence-electron chi connectivity index (χ2n) is 6.73. The molecule has 0 unspecified atom stereocenters. The minimum atomic E-state index is -5.08. The van der Waals surface area contributed by atoms with Gasteiger partial charge in [-0.1, -0.05) is 23.7 Å². The van der Waals surface area contributed by atoms with Crippen LogP contribution in [0.4, 0.5) is 19.1 Å². The van der Waals surface area contributed by atoms with E-state index in [2.05, 4.69) is 20.2 Å². The molecule has 3 aromatic rings. The molecule has 3 heterocycles. The number of aromatic nitrogens is 4. The number of halogens is 4. The Bertz CT molecular complexity index is 1260. The van der Waals surface area contributed by atoms with Crippen LogP contribution in [-0.2, 0) is 11.8 Å². The van der Waals surface area contributed by atoms with E-state index in [1.165, 1.54) is 7.05 Å². The number of rotatable bonds is 2. The van der Waals surface area contributed by atoms with Crippen molar-refractivity contribution >= 4 is 34.7 Å². The number of benzene rings is 1. The molecule has 172 valence electrons. The first kappa shape index (κ1) is 23.3. The monoisotopic (exact) mass is 474 g/mol. The largest absolute Gasteiger partial charge is 0.490 e. The number of carboxylic acid groups (broad SMARTS) is 1. The summed E-state index contributed by atoms with van der Waals surface area (Å²) in [7, 11) is 1.44. The Kier molecular flexibility index (Phi) is 6.60. The molecular formula is C18H18ClF3N6O4. The Labute approximate surface area is 182 Å². The quantitative estimate of drug-likeness (QED) is 0.508. The summed E-state index contributed by atoms with van der Waals surface area (Å²) in [4.78, 5) is 42.9. The number of H-pyrrole nitrogens is 1. The first-order valence-electron chi connectivity index (χ1n) is 9.24. The lowest BCUT2D eigenvalue weighted by molar-refractivity contribution is -0.192. The van der Waals surface area contributed by atoms with E-state index >= 15 is 0 Å². The Hall–Kier alpha value is -3.32. The van der Waals surface area contributed by atoms with Gasteiger partial charge < -0.3 is 15.3 Å². The molecule has 1 fully saturated rings. The first-order valence-corrected chi connectivity index (χ1v) is 9.62. The number of carbonyl (C=O) groups is 1. The molecular weight excluding hydrogens is 457 g/mol. The van der Waals surface area contributed by atoms with E-state index in [9.17, 15) is 22.8 Å². The second kappa shape index (κ2) is 9.04. The van der Waals surface area contributed by atoms with Crippen LogP contribution in [0.5, 0.6) is 0 Å². The van der Waals surface area contributed by atoms with Crippen LogP contribution in [0.25, 0.3) is 16.9 Å². The van der Waals surface area contributed by atoms with Gasteiger partial charge in [-0.25, -0.2) is 9.59 Å². The SMILES string of the molecule is Cn1c(=O)[nH]c2nc(N3CCNCC3)n(-c3ccccc3Cl)c2c1=O.O=C(O)C(F)(F)F. The number of alkyl halides is 3. The van der Waals surface area contributed by atoms with Crippen LogP contribution in [0.3, 0.4) is 0 Å². The fourth-order valence-electron chi connectivity index (χ4n) is 3.07. The Balaban J connectivity index is 0.000000360. The Morgan fingerprint density at radius 2 is 1.78 bits per heavy atom. The minimum absolute atomic E-state index is 0.265. The number of nitrogens with zero attached hydrogens (tertiary/aromatic N) is 4. The highest BCUT2D eigenvalue weighted by Crippen LogP contribution is 2.28. The van der Waals surface area contributed by atoms with Gasteiger partial charge in [-0.3, -0.25) is 18.9 Å². The number of piperazine rings is 1. The normalized spacial score (nSPS) is 14.2. The van der Waals surface area contributed by atoms with Gasteiger partial charge in [0.2, 0.25) is 5.95 Å². The molecule has 0 saturated carbocycles. The van der Waals surface area contributed by atoms with E-state index in [1.807, 2.05) is 18.2 Å². The summed E-state index contributed by atoms with van der Waals surface area (Å²) in [5.74, 6) is -2.16. The molecule has 3 N–H and O–H groups in total. The molecule has 10 nitrogen and oxygen atoms in total. The van der Waals surface area contributed by atoms with Crippen molar-refractivity contribution in [2.75, 3.05) is 31.1 Å². The van der Waals surface area contributed by atoms with Crippen molar-refractivity contribution in [3.8, 4) is 5.69 Å². The van der Waals surface area contributed by atoms with Crippen molar-refractivity contribution in [2.45, 2.75) is 6.18 Å². The first-order chi connectivity index (χ1) is 15.0. The van der Waals surface area contributed by atoms with E-state index in [-0.39, 0.29) is 5.65 Å². The molecule has 2 aromatic heterocycles. The number of imidazole rings is 1. The van der Waals surface area contributed by atoms with E-state index in [0.29, 0.717) is 22.2 Å². The lowest BCUT2D eigenvalue weighted by Gasteiger charge is -2.28. The maximum Gasteiger partial charge on any atom is 0.490 e. The molecule has 0 spiro atoms. The number of anilines is 1. The van der Waals surface area contributed by atoms with Crippen LogP contribution in [0.1, 0.15) is 0 Å². The highest BCUT2D eigenvalue weighted by atomic mass is 35.5. The van der Waals surface area contributed by atoms with Crippen LogP contribution in [0.15, 0.2) is 33.9 Å². The van der Waals surface area contributed by atoms with Gasteiger partial charge in [0.25, 0.3) is 5.56 Å². The average Bonchev–Trinajstić information content (AvgIpc) is 3.12. The zero-order chi connectivity index (χ0) is 23.6. The number of carboxylic acids is 1. The third-order valence-electron chi connectivity index (χ3n) is 4.63. The molecule has 4 rings (SSSR count). The average molecular weight is 475 g/mol. The Morgan fingerprint density at radius 1 is 1.19 bits per heavy atom. The summed E-state index contributed by atoms with van der Waals surface area (Å²) in [6, 6.07) is 7.28. The number of aliphatic carboxylic acids is 1. The maximum atomic E-state index is 12.8. The summed E-state index contributed by atoms with van der Waals surface area (Å²) in [6.45, 7) is 3.14. The number of hydrogen-bond acceptors (Lipinski definition) is 6. The van der Waals surface area contributed by atoms with Crippen molar-refractivity contribution in [3.63, 3.8) is 0 Å². The molecule has 32 heavy (non-hydrogen) atoms. The van der Waals surface area contributed by atoms with Crippen molar-refractivity contribution in [3.05, 3.63) is 50.1 Å². The zero-order valence-corrected chi connectivity index (χ0v) is 17.4. The number of aromatic amines is 1. The molecule has 0 radical (unpaired) electrons. The van der Waals surface area contributed by atoms with E-state index in [0.717, 1.165) is 30.7 Å². The number of para-hydroxylation sites is 1. The van der Waals surface area contributed by atoms with Gasteiger partial charge in [-0.2, -0.15) is 18.2 Å². The summed E-state index contributed by atoms with van der Waals surface area (Å²) < 4.78 is 34.5. The molecule has 0 amide bonds. The van der Waals surface area contributed by atoms with Gasteiger partial charge in [-0.05, 0) is 12.1 Å². The van der Waals surface area contributed by atoms with Crippen molar-refractivity contribution in [2.24, 2.45) is 7.05 Å².